The zero-order chi connectivity index (χ0) is 13.8. The lowest BCUT2D eigenvalue weighted by molar-refractivity contribution is 0.0600. The van der Waals surface area contributed by atoms with Crippen LogP contribution < -0.4 is 5.32 Å². The number of benzene rings is 1. The molecule has 0 saturated carbocycles. The summed E-state index contributed by atoms with van der Waals surface area (Å²) >= 11 is 0. The summed E-state index contributed by atoms with van der Waals surface area (Å²) in [6.07, 6.45) is 3.52. The first-order chi connectivity index (χ1) is 9.10. The van der Waals surface area contributed by atoms with Crippen molar-refractivity contribution in [2.24, 2.45) is 7.05 Å². The minimum atomic E-state index is -0.496. The van der Waals surface area contributed by atoms with Gasteiger partial charge in [-0.2, -0.15) is 5.10 Å². The summed E-state index contributed by atoms with van der Waals surface area (Å²) in [6.45, 7) is 0.426. The Morgan fingerprint density at radius 2 is 2.32 bits per heavy atom. The van der Waals surface area contributed by atoms with Crippen molar-refractivity contribution in [2.45, 2.75) is 6.54 Å². The van der Waals surface area contributed by atoms with Crippen LogP contribution in [0.4, 0.5) is 10.1 Å². The molecule has 0 unspecified atom stereocenters. The van der Waals surface area contributed by atoms with E-state index in [1.54, 1.807) is 10.9 Å². The second kappa shape index (κ2) is 5.51. The highest BCUT2D eigenvalue weighted by atomic mass is 19.1. The molecule has 19 heavy (non-hydrogen) atoms. The average Bonchev–Trinajstić information content (AvgIpc) is 2.82. The van der Waals surface area contributed by atoms with Crippen LogP contribution in [0.15, 0.2) is 30.6 Å². The SMILES string of the molecule is COC(=O)c1ccc(F)c(NCc2cnn(C)c2)c1. The van der Waals surface area contributed by atoms with Gasteiger partial charge in [0, 0.05) is 25.4 Å². The van der Waals surface area contributed by atoms with Crippen molar-refractivity contribution in [1.82, 2.24) is 9.78 Å². The molecule has 0 aliphatic rings. The molecular weight excluding hydrogens is 249 g/mol. The van der Waals surface area contributed by atoms with Gasteiger partial charge in [-0.3, -0.25) is 4.68 Å². The number of rotatable bonds is 4. The molecule has 6 heteroatoms. The largest absolute Gasteiger partial charge is 0.465 e. The Kier molecular flexibility index (Phi) is 3.79. The van der Waals surface area contributed by atoms with Crippen molar-refractivity contribution >= 4 is 11.7 Å². The van der Waals surface area contributed by atoms with Gasteiger partial charge in [-0.15, -0.1) is 0 Å². The van der Waals surface area contributed by atoms with Gasteiger partial charge in [-0.1, -0.05) is 0 Å². The molecular formula is C13H14FN3O2. The fourth-order valence-corrected chi connectivity index (χ4v) is 1.67. The van der Waals surface area contributed by atoms with E-state index in [1.807, 2.05) is 13.2 Å². The van der Waals surface area contributed by atoms with Crippen LogP contribution in [0.1, 0.15) is 15.9 Å². The number of esters is 1. The number of carbonyl (C=O) groups excluding carboxylic acids is 1. The topological polar surface area (TPSA) is 56.1 Å². The number of halogens is 1. The van der Waals surface area contributed by atoms with E-state index in [1.165, 1.54) is 25.3 Å². The third-order valence-corrected chi connectivity index (χ3v) is 2.63. The van der Waals surface area contributed by atoms with Crippen LogP contribution in [0.25, 0.3) is 0 Å². The zero-order valence-electron chi connectivity index (χ0n) is 10.7. The number of nitrogens with zero attached hydrogens (tertiary/aromatic N) is 2. The predicted molar refractivity (Wildman–Crippen MR) is 68.3 cm³/mol. The van der Waals surface area contributed by atoms with Crippen LogP contribution in [0, 0.1) is 5.82 Å². The summed E-state index contributed by atoms with van der Waals surface area (Å²) in [5.41, 5.74) is 1.48. The molecule has 0 aliphatic heterocycles. The van der Waals surface area contributed by atoms with E-state index < -0.39 is 11.8 Å². The molecule has 0 spiro atoms. The van der Waals surface area contributed by atoms with E-state index >= 15 is 0 Å². The number of methoxy groups -OCH3 is 1. The van der Waals surface area contributed by atoms with Crippen molar-refractivity contribution in [3.63, 3.8) is 0 Å². The second-order valence-corrected chi connectivity index (χ2v) is 4.06. The zero-order valence-corrected chi connectivity index (χ0v) is 10.7. The third kappa shape index (κ3) is 3.09. The molecule has 1 heterocycles. The number of hydrogen-bond acceptors (Lipinski definition) is 4. The predicted octanol–water partition coefficient (Wildman–Crippen LogP) is 1.96. The fourth-order valence-electron chi connectivity index (χ4n) is 1.67. The lowest BCUT2D eigenvalue weighted by Crippen LogP contribution is -2.05. The number of ether oxygens (including phenoxy) is 1. The Bertz CT molecular complexity index is 595. The van der Waals surface area contributed by atoms with Crippen molar-refractivity contribution < 1.29 is 13.9 Å². The Morgan fingerprint density at radius 1 is 1.53 bits per heavy atom. The maximum Gasteiger partial charge on any atom is 0.337 e. The standard InChI is InChI=1S/C13H14FN3O2/c1-17-8-9(7-16-17)6-15-12-5-10(13(18)19-2)3-4-11(12)14/h3-5,7-8,15H,6H2,1-2H3. The summed E-state index contributed by atoms with van der Waals surface area (Å²) in [4.78, 5) is 11.4. The molecule has 0 saturated heterocycles. The Labute approximate surface area is 110 Å². The van der Waals surface area contributed by atoms with Crippen molar-refractivity contribution in [3.05, 3.63) is 47.5 Å². The molecule has 0 bridgehead atoms. The molecule has 2 rings (SSSR count). The van der Waals surface area contributed by atoms with Gasteiger partial charge in [0.05, 0.1) is 24.6 Å². The Hall–Kier alpha value is -2.37. The van der Waals surface area contributed by atoms with E-state index in [-0.39, 0.29) is 5.69 Å². The van der Waals surface area contributed by atoms with Crippen LogP contribution in [0.2, 0.25) is 0 Å². The van der Waals surface area contributed by atoms with Gasteiger partial charge in [0.25, 0.3) is 0 Å². The normalized spacial score (nSPS) is 10.3. The fraction of sp³-hybridized carbons (Fsp3) is 0.231. The quantitative estimate of drug-likeness (QED) is 0.857. The molecule has 1 aromatic carbocycles. The number of anilines is 1. The number of nitrogens with one attached hydrogen (secondary N) is 1. The van der Waals surface area contributed by atoms with Gasteiger partial charge in [0.1, 0.15) is 5.82 Å². The van der Waals surface area contributed by atoms with Crippen molar-refractivity contribution in [2.75, 3.05) is 12.4 Å². The lowest BCUT2D eigenvalue weighted by atomic mass is 10.2. The van der Waals surface area contributed by atoms with E-state index in [4.69, 9.17) is 0 Å². The Balaban J connectivity index is 2.12. The minimum Gasteiger partial charge on any atom is -0.465 e. The molecule has 0 fully saturated rings. The molecule has 1 aromatic heterocycles. The number of hydrogen-bond donors (Lipinski definition) is 1. The van der Waals surface area contributed by atoms with Gasteiger partial charge in [-0.05, 0) is 18.2 Å². The summed E-state index contributed by atoms with van der Waals surface area (Å²) in [7, 11) is 3.09. The Morgan fingerprint density at radius 3 is 2.95 bits per heavy atom. The molecule has 0 atom stereocenters. The highest BCUT2D eigenvalue weighted by Crippen LogP contribution is 2.17. The lowest BCUT2D eigenvalue weighted by Gasteiger charge is -2.08. The molecule has 0 radical (unpaired) electrons. The van der Waals surface area contributed by atoms with Crippen LogP contribution >= 0.6 is 0 Å². The van der Waals surface area contributed by atoms with Gasteiger partial charge in [0.2, 0.25) is 0 Å². The van der Waals surface area contributed by atoms with Crippen molar-refractivity contribution in [3.8, 4) is 0 Å². The first-order valence-corrected chi connectivity index (χ1v) is 5.69. The molecule has 5 nitrogen and oxygen atoms in total. The molecule has 100 valence electrons. The third-order valence-electron chi connectivity index (χ3n) is 2.63. The number of aryl methyl sites for hydroxylation is 1. The number of carbonyl (C=O) groups is 1. The van der Waals surface area contributed by atoms with E-state index in [0.29, 0.717) is 12.1 Å². The smallest absolute Gasteiger partial charge is 0.337 e. The maximum absolute atomic E-state index is 13.6. The molecule has 2 aromatic rings. The average molecular weight is 263 g/mol. The van der Waals surface area contributed by atoms with E-state index in [0.717, 1.165) is 5.56 Å². The maximum atomic E-state index is 13.6. The van der Waals surface area contributed by atoms with Gasteiger partial charge in [0.15, 0.2) is 0 Å². The van der Waals surface area contributed by atoms with Crippen LogP contribution in [0.5, 0.6) is 0 Å². The first kappa shape index (κ1) is 13.1. The van der Waals surface area contributed by atoms with Crippen LogP contribution in [-0.2, 0) is 18.3 Å². The molecule has 0 aliphatic carbocycles. The minimum absolute atomic E-state index is 0.256. The highest BCUT2D eigenvalue weighted by molar-refractivity contribution is 5.90. The van der Waals surface area contributed by atoms with Crippen molar-refractivity contribution in [1.29, 1.82) is 0 Å². The van der Waals surface area contributed by atoms with E-state index in [9.17, 15) is 9.18 Å². The van der Waals surface area contributed by atoms with E-state index in [2.05, 4.69) is 15.2 Å². The van der Waals surface area contributed by atoms with Crippen LogP contribution in [0.3, 0.4) is 0 Å². The summed E-state index contributed by atoms with van der Waals surface area (Å²) < 4.78 is 19.9. The number of aromatic nitrogens is 2. The summed E-state index contributed by atoms with van der Waals surface area (Å²) in [5, 5.41) is 6.94. The molecule has 1 N–H and O–H groups in total. The highest BCUT2D eigenvalue weighted by Gasteiger charge is 2.09. The summed E-state index contributed by atoms with van der Waals surface area (Å²) in [6, 6.07) is 4.05. The second-order valence-electron chi connectivity index (χ2n) is 4.06. The van der Waals surface area contributed by atoms with Crippen LogP contribution in [-0.4, -0.2) is 22.9 Å². The monoisotopic (exact) mass is 263 g/mol. The van der Waals surface area contributed by atoms with Gasteiger partial charge >= 0.3 is 5.97 Å². The summed E-state index contributed by atoms with van der Waals surface area (Å²) in [5.74, 6) is -0.916. The van der Waals surface area contributed by atoms with Gasteiger partial charge < -0.3 is 10.1 Å². The first-order valence-electron chi connectivity index (χ1n) is 5.69. The van der Waals surface area contributed by atoms with Gasteiger partial charge in [-0.25, -0.2) is 9.18 Å². The molecule has 0 amide bonds.